The van der Waals surface area contributed by atoms with Crippen molar-refractivity contribution in [3.8, 4) is 11.3 Å². The molecule has 1 saturated heterocycles. The molecule has 0 spiro atoms. The lowest BCUT2D eigenvalue weighted by Crippen LogP contribution is -2.18. The summed E-state index contributed by atoms with van der Waals surface area (Å²) in [5.74, 6) is 0.0223. The molecule has 4 aromatic heterocycles. The van der Waals surface area contributed by atoms with Crippen molar-refractivity contribution in [1.82, 2.24) is 24.1 Å². The molecule has 5 heterocycles. The van der Waals surface area contributed by atoms with E-state index in [9.17, 15) is 9.18 Å². The zero-order valence-corrected chi connectivity index (χ0v) is 15.5. The maximum atomic E-state index is 14.4. The van der Waals surface area contributed by atoms with Gasteiger partial charge in [-0.25, -0.2) is 14.4 Å². The molecule has 2 unspecified atom stereocenters. The predicted molar refractivity (Wildman–Crippen MR) is 105 cm³/mol. The molecule has 4 aromatic rings. The molecule has 5 rings (SSSR count). The van der Waals surface area contributed by atoms with Crippen molar-refractivity contribution in [3.63, 3.8) is 0 Å². The van der Waals surface area contributed by atoms with Crippen LogP contribution in [0.25, 0.3) is 27.9 Å². The lowest BCUT2D eigenvalue weighted by atomic mass is 10.1. The number of ether oxygens (including phenoxy) is 1. The lowest BCUT2D eigenvalue weighted by molar-refractivity contribution is 0.100. The summed E-state index contributed by atoms with van der Waals surface area (Å²) < 4.78 is 23.0. The van der Waals surface area contributed by atoms with Crippen LogP contribution in [0.2, 0.25) is 0 Å². The molecule has 2 atom stereocenters. The fourth-order valence-electron chi connectivity index (χ4n) is 3.76. The quantitative estimate of drug-likeness (QED) is 0.545. The van der Waals surface area contributed by atoms with Crippen LogP contribution in [0, 0.1) is 0 Å². The molecule has 1 aliphatic rings. The number of carbonyl (C=O) groups excluding carboxylic acids is 1. The van der Waals surface area contributed by atoms with E-state index in [1.165, 1.54) is 10.7 Å². The van der Waals surface area contributed by atoms with Crippen molar-refractivity contribution in [2.24, 2.45) is 5.73 Å². The van der Waals surface area contributed by atoms with E-state index in [4.69, 9.17) is 10.5 Å². The Bertz CT molecular complexity index is 1250. The Kier molecular flexibility index (Phi) is 3.95. The largest absolute Gasteiger partial charge is 0.376 e. The second-order valence-corrected chi connectivity index (χ2v) is 6.88. The summed E-state index contributed by atoms with van der Waals surface area (Å²) in [6, 6.07) is 5.09. The van der Waals surface area contributed by atoms with Crippen LogP contribution < -0.4 is 11.1 Å². The number of anilines is 1. The number of nitrogens with zero attached hydrogens (tertiary/aromatic N) is 5. The predicted octanol–water partition coefficient (Wildman–Crippen LogP) is 1.80. The van der Waals surface area contributed by atoms with Gasteiger partial charge in [-0.15, -0.1) is 0 Å². The van der Waals surface area contributed by atoms with E-state index in [1.807, 2.05) is 24.4 Å². The first-order chi connectivity index (χ1) is 14.1. The van der Waals surface area contributed by atoms with Gasteiger partial charge < -0.3 is 20.4 Å². The molecule has 1 amide bonds. The summed E-state index contributed by atoms with van der Waals surface area (Å²) in [5.41, 5.74) is 8.05. The van der Waals surface area contributed by atoms with Crippen LogP contribution in [-0.4, -0.2) is 56.5 Å². The first-order valence-corrected chi connectivity index (χ1v) is 9.12. The van der Waals surface area contributed by atoms with E-state index in [0.29, 0.717) is 22.8 Å². The Labute approximate surface area is 164 Å². The van der Waals surface area contributed by atoms with E-state index >= 15 is 0 Å². The van der Waals surface area contributed by atoms with Gasteiger partial charge in [0.2, 0.25) is 0 Å². The van der Waals surface area contributed by atoms with Gasteiger partial charge in [-0.2, -0.15) is 9.61 Å². The number of carbonyl (C=O) groups is 1. The Balaban J connectivity index is 1.77. The first-order valence-electron chi connectivity index (χ1n) is 9.12. The highest BCUT2D eigenvalue weighted by Gasteiger charge is 2.31. The minimum atomic E-state index is -1.11. The van der Waals surface area contributed by atoms with Gasteiger partial charge in [-0.1, -0.05) is 0 Å². The van der Waals surface area contributed by atoms with Crippen LogP contribution in [0.5, 0.6) is 0 Å². The van der Waals surface area contributed by atoms with Crippen molar-refractivity contribution >= 4 is 28.4 Å². The average Bonchev–Trinajstić information content (AvgIpc) is 3.43. The highest BCUT2D eigenvalue weighted by molar-refractivity contribution is 6.00. The van der Waals surface area contributed by atoms with E-state index in [-0.39, 0.29) is 18.8 Å². The minimum Gasteiger partial charge on any atom is -0.376 e. The van der Waals surface area contributed by atoms with Crippen molar-refractivity contribution < 1.29 is 13.9 Å². The van der Waals surface area contributed by atoms with Gasteiger partial charge in [-0.3, -0.25) is 4.79 Å². The van der Waals surface area contributed by atoms with Crippen molar-refractivity contribution in [1.29, 1.82) is 0 Å². The molecular weight excluding hydrogens is 377 g/mol. The third-order valence-corrected chi connectivity index (χ3v) is 5.20. The second-order valence-electron chi connectivity index (χ2n) is 6.88. The van der Waals surface area contributed by atoms with Crippen LogP contribution in [0.1, 0.15) is 16.4 Å². The highest BCUT2D eigenvalue weighted by atomic mass is 19.1. The summed E-state index contributed by atoms with van der Waals surface area (Å²) in [5, 5.41) is 8.07. The van der Waals surface area contributed by atoms with Crippen LogP contribution in [-0.2, 0) is 4.74 Å². The normalized spacial score (nSPS) is 19.2. The van der Waals surface area contributed by atoms with Crippen molar-refractivity contribution in [2.75, 3.05) is 25.6 Å². The number of amides is 1. The third kappa shape index (κ3) is 2.64. The van der Waals surface area contributed by atoms with Gasteiger partial charge in [0, 0.05) is 36.5 Å². The maximum Gasteiger partial charge on any atom is 0.254 e. The Hall–Kier alpha value is -3.53. The van der Waals surface area contributed by atoms with Crippen LogP contribution in [0.4, 0.5) is 10.2 Å². The smallest absolute Gasteiger partial charge is 0.254 e. The molecule has 0 aromatic carbocycles. The van der Waals surface area contributed by atoms with E-state index in [2.05, 4.69) is 20.4 Å². The number of halogens is 1. The molecule has 0 radical (unpaired) electrons. The van der Waals surface area contributed by atoms with Gasteiger partial charge in [0.1, 0.15) is 23.2 Å². The van der Waals surface area contributed by atoms with Gasteiger partial charge in [-0.05, 0) is 12.1 Å². The zero-order chi connectivity index (χ0) is 20.1. The van der Waals surface area contributed by atoms with E-state index in [0.717, 1.165) is 10.9 Å². The van der Waals surface area contributed by atoms with Gasteiger partial charge in [0.15, 0.2) is 5.65 Å². The number of nitrogens with two attached hydrogens (primary N) is 1. The van der Waals surface area contributed by atoms with Crippen molar-refractivity contribution in [2.45, 2.75) is 12.2 Å². The number of primary amides is 1. The first kappa shape index (κ1) is 17.6. The molecule has 10 heteroatoms. The maximum absolute atomic E-state index is 14.4. The lowest BCUT2D eigenvalue weighted by Gasteiger charge is -2.13. The number of alkyl halides is 1. The van der Waals surface area contributed by atoms with Crippen LogP contribution >= 0.6 is 0 Å². The number of hydrogen-bond acceptors (Lipinski definition) is 6. The third-order valence-electron chi connectivity index (χ3n) is 5.20. The SMILES string of the molecule is CNc1cc(-c2cn(C3COCC3F)c3ncccc23)nc2c(C(N)=O)cnn12. The molecule has 29 heavy (non-hydrogen) atoms. The molecule has 0 aliphatic carbocycles. The van der Waals surface area contributed by atoms with E-state index < -0.39 is 18.1 Å². The van der Waals surface area contributed by atoms with Gasteiger partial charge in [0.05, 0.1) is 31.1 Å². The van der Waals surface area contributed by atoms with E-state index in [1.54, 1.807) is 17.8 Å². The fourth-order valence-corrected chi connectivity index (χ4v) is 3.76. The second kappa shape index (κ2) is 6.52. The standard InChI is InChI=1S/C19H18FN7O2/c1-22-16-5-14(25-19-11(17(21)28)6-24-27(16)19)12-7-26(15-9-29-8-13(15)20)18-10(12)3-2-4-23-18/h2-7,13,15,22H,8-9H2,1H3,(H2,21,28). The Morgan fingerprint density at radius 3 is 2.97 bits per heavy atom. The average molecular weight is 395 g/mol. The van der Waals surface area contributed by atoms with Crippen LogP contribution in [0.15, 0.2) is 36.8 Å². The molecule has 0 bridgehead atoms. The highest BCUT2D eigenvalue weighted by Crippen LogP contribution is 2.35. The topological polar surface area (TPSA) is 112 Å². The zero-order valence-electron chi connectivity index (χ0n) is 15.5. The molecule has 148 valence electrons. The minimum absolute atomic E-state index is 0.0679. The number of fused-ring (bicyclic) bond motifs is 2. The molecule has 1 fully saturated rings. The number of hydrogen-bond donors (Lipinski definition) is 2. The number of aromatic nitrogens is 5. The number of rotatable bonds is 4. The van der Waals surface area contributed by atoms with Gasteiger partial charge in [0.25, 0.3) is 5.91 Å². The summed E-state index contributed by atoms with van der Waals surface area (Å²) in [6.45, 7) is 0.349. The molecule has 3 N–H and O–H groups in total. The van der Waals surface area contributed by atoms with Gasteiger partial charge >= 0.3 is 0 Å². The van der Waals surface area contributed by atoms with Crippen molar-refractivity contribution in [3.05, 3.63) is 42.4 Å². The summed E-state index contributed by atoms with van der Waals surface area (Å²) in [4.78, 5) is 20.9. The Morgan fingerprint density at radius 2 is 2.24 bits per heavy atom. The molecule has 0 saturated carbocycles. The summed E-state index contributed by atoms with van der Waals surface area (Å²) in [6.07, 6.45) is 3.79. The molecular formula is C19H18FN7O2. The summed E-state index contributed by atoms with van der Waals surface area (Å²) in [7, 11) is 1.75. The Morgan fingerprint density at radius 1 is 1.38 bits per heavy atom. The summed E-state index contributed by atoms with van der Waals surface area (Å²) >= 11 is 0. The molecule has 9 nitrogen and oxygen atoms in total. The van der Waals surface area contributed by atoms with Crippen LogP contribution in [0.3, 0.4) is 0 Å². The number of nitrogens with one attached hydrogen (secondary N) is 1. The monoisotopic (exact) mass is 395 g/mol. The number of pyridine rings is 1. The fraction of sp³-hybridized carbons (Fsp3) is 0.263. The molecule has 1 aliphatic heterocycles.